The molecule has 0 spiro atoms. The number of aromatic nitrogens is 1. The number of ketones is 1. The van der Waals surface area contributed by atoms with E-state index in [-0.39, 0.29) is 12.4 Å². The van der Waals surface area contributed by atoms with Gasteiger partial charge in [0, 0.05) is 11.1 Å². The number of para-hydroxylation sites is 1. The monoisotopic (exact) mass is 419 g/mol. The summed E-state index contributed by atoms with van der Waals surface area (Å²) in [5.74, 6) is -0.586. The fourth-order valence-corrected chi connectivity index (χ4v) is 4.24. The molecule has 156 valence electrons. The predicted octanol–water partition coefficient (Wildman–Crippen LogP) is 6.17. The maximum atomic E-state index is 13.8. The molecule has 0 bridgehead atoms. The number of benzene rings is 3. The SMILES string of the molecule is CCOC(=O)c1c(-c2ccccc2)c(C(=O)c2ccccc2)c2ccc3ccccc3n12. The molecule has 0 aliphatic heterocycles. The summed E-state index contributed by atoms with van der Waals surface area (Å²) in [7, 11) is 0. The third-order valence-electron chi connectivity index (χ3n) is 5.60. The number of hydrogen-bond acceptors (Lipinski definition) is 3. The molecule has 0 saturated heterocycles. The van der Waals surface area contributed by atoms with Crippen molar-refractivity contribution in [3.8, 4) is 11.1 Å². The standard InChI is InChI=1S/C28H21NO3/c1-2-32-28(31)26-24(20-12-5-3-6-13-20)25(27(30)21-14-7-4-8-15-21)23-18-17-19-11-9-10-16-22(19)29(23)26/h3-18H,2H2,1H3. The molecule has 0 unspecified atom stereocenters. The summed E-state index contributed by atoms with van der Waals surface area (Å²) in [5, 5.41) is 0.971. The van der Waals surface area contributed by atoms with Gasteiger partial charge in [-0.05, 0) is 30.0 Å². The summed E-state index contributed by atoms with van der Waals surface area (Å²) in [6.07, 6.45) is 0. The summed E-state index contributed by atoms with van der Waals surface area (Å²) >= 11 is 0. The number of carbonyl (C=O) groups is 2. The molecule has 0 atom stereocenters. The Labute approximate surface area is 185 Å². The second-order valence-corrected chi connectivity index (χ2v) is 7.49. The molecule has 0 aliphatic rings. The Kier molecular flexibility index (Phi) is 5.04. The number of rotatable bonds is 5. The molecule has 5 rings (SSSR count). The van der Waals surface area contributed by atoms with E-state index in [1.165, 1.54) is 0 Å². The van der Waals surface area contributed by atoms with E-state index in [4.69, 9.17) is 4.74 Å². The minimum Gasteiger partial charge on any atom is -0.461 e. The minimum absolute atomic E-state index is 0.132. The molecule has 2 heterocycles. The van der Waals surface area contributed by atoms with Crippen molar-refractivity contribution in [2.75, 3.05) is 6.61 Å². The number of fused-ring (bicyclic) bond motifs is 3. The molecule has 32 heavy (non-hydrogen) atoms. The second-order valence-electron chi connectivity index (χ2n) is 7.49. The number of nitrogens with zero attached hydrogens (tertiary/aromatic N) is 1. The zero-order chi connectivity index (χ0) is 22.1. The van der Waals surface area contributed by atoms with Crippen LogP contribution in [0.15, 0.2) is 97.1 Å². The summed E-state index contributed by atoms with van der Waals surface area (Å²) in [5.41, 5.74) is 4.34. The van der Waals surface area contributed by atoms with E-state index >= 15 is 0 Å². The minimum atomic E-state index is -0.454. The van der Waals surface area contributed by atoms with Crippen LogP contribution < -0.4 is 0 Å². The normalized spacial score (nSPS) is 11.0. The molecular weight excluding hydrogens is 398 g/mol. The van der Waals surface area contributed by atoms with Gasteiger partial charge in [0.05, 0.1) is 23.2 Å². The first-order valence-electron chi connectivity index (χ1n) is 10.6. The molecule has 4 nitrogen and oxygen atoms in total. The molecule has 2 aromatic heterocycles. The van der Waals surface area contributed by atoms with Gasteiger partial charge in [-0.3, -0.25) is 4.79 Å². The maximum Gasteiger partial charge on any atom is 0.355 e. The van der Waals surface area contributed by atoms with Gasteiger partial charge in [0.15, 0.2) is 5.78 Å². The third-order valence-corrected chi connectivity index (χ3v) is 5.60. The van der Waals surface area contributed by atoms with E-state index in [1.54, 1.807) is 19.1 Å². The number of pyridine rings is 1. The second kappa shape index (κ2) is 8.16. The lowest BCUT2D eigenvalue weighted by Gasteiger charge is -2.09. The van der Waals surface area contributed by atoms with Gasteiger partial charge in [-0.2, -0.15) is 0 Å². The largest absolute Gasteiger partial charge is 0.461 e. The molecule has 5 aromatic rings. The molecule has 4 heteroatoms. The number of ether oxygens (including phenoxy) is 1. The van der Waals surface area contributed by atoms with Crippen LogP contribution in [0.3, 0.4) is 0 Å². The van der Waals surface area contributed by atoms with Crippen LogP contribution in [0.5, 0.6) is 0 Å². The molecular formula is C28H21NO3. The first-order chi connectivity index (χ1) is 15.7. The fourth-order valence-electron chi connectivity index (χ4n) is 4.24. The lowest BCUT2D eigenvalue weighted by molar-refractivity contribution is 0.0520. The van der Waals surface area contributed by atoms with Crippen LogP contribution in [0.2, 0.25) is 0 Å². The molecule has 0 fully saturated rings. The molecule has 0 aliphatic carbocycles. The summed E-state index contributed by atoms with van der Waals surface area (Å²) < 4.78 is 7.34. The van der Waals surface area contributed by atoms with Gasteiger partial charge in [0.1, 0.15) is 5.69 Å². The summed E-state index contributed by atoms with van der Waals surface area (Å²) in [6.45, 7) is 2.02. The van der Waals surface area contributed by atoms with Crippen molar-refractivity contribution in [3.05, 3.63) is 114 Å². The van der Waals surface area contributed by atoms with Crippen molar-refractivity contribution in [1.29, 1.82) is 0 Å². The Balaban J connectivity index is 1.97. The average Bonchev–Trinajstić information content (AvgIpc) is 3.20. The van der Waals surface area contributed by atoms with Gasteiger partial charge in [-0.15, -0.1) is 0 Å². The Morgan fingerprint density at radius 1 is 0.750 bits per heavy atom. The van der Waals surface area contributed by atoms with Crippen LogP contribution in [-0.2, 0) is 4.74 Å². The molecule has 0 saturated carbocycles. The van der Waals surface area contributed by atoms with E-state index in [9.17, 15) is 9.59 Å². The quantitative estimate of drug-likeness (QED) is 0.253. The Morgan fingerprint density at radius 2 is 1.41 bits per heavy atom. The van der Waals surface area contributed by atoms with Crippen LogP contribution in [0.25, 0.3) is 27.5 Å². The van der Waals surface area contributed by atoms with Crippen LogP contribution in [-0.4, -0.2) is 22.8 Å². The third kappa shape index (κ3) is 3.17. The van der Waals surface area contributed by atoms with Crippen molar-refractivity contribution < 1.29 is 14.3 Å². The highest BCUT2D eigenvalue weighted by Crippen LogP contribution is 2.37. The Hall–Kier alpha value is -4.18. The van der Waals surface area contributed by atoms with E-state index in [1.807, 2.05) is 89.3 Å². The zero-order valence-corrected chi connectivity index (χ0v) is 17.6. The van der Waals surface area contributed by atoms with Gasteiger partial charge >= 0.3 is 5.97 Å². The van der Waals surface area contributed by atoms with E-state index in [0.717, 1.165) is 16.5 Å². The summed E-state index contributed by atoms with van der Waals surface area (Å²) in [6, 6.07) is 30.4. The van der Waals surface area contributed by atoms with Crippen LogP contribution >= 0.6 is 0 Å². The zero-order valence-electron chi connectivity index (χ0n) is 17.6. The molecule has 0 radical (unpaired) electrons. The maximum absolute atomic E-state index is 13.8. The van der Waals surface area contributed by atoms with Crippen LogP contribution in [0.4, 0.5) is 0 Å². The van der Waals surface area contributed by atoms with Gasteiger partial charge in [0.25, 0.3) is 0 Å². The Morgan fingerprint density at radius 3 is 2.12 bits per heavy atom. The van der Waals surface area contributed by atoms with E-state index in [2.05, 4.69) is 0 Å². The van der Waals surface area contributed by atoms with Gasteiger partial charge in [-0.1, -0.05) is 84.9 Å². The van der Waals surface area contributed by atoms with Crippen molar-refractivity contribution in [3.63, 3.8) is 0 Å². The molecule has 3 aromatic carbocycles. The van der Waals surface area contributed by atoms with Crippen molar-refractivity contribution in [2.45, 2.75) is 6.92 Å². The highest BCUT2D eigenvalue weighted by atomic mass is 16.5. The first-order valence-corrected chi connectivity index (χ1v) is 10.6. The van der Waals surface area contributed by atoms with Crippen molar-refractivity contribution >= 4 is 28.2 Å². The van der Waals surface area contributed by atoms with Gasteiger partial charge in [0.2, 0.25) is 0 Å². The van der Waals surface area contributed by atoms with E-state index in [0.29, 0.717) is 27.9 Å². The topological polar surface area (TPSA) is 47.8 Å². The first kappa shape index (κ1) is 19.8. The number of esters is 1. The predicted molar refractivity (Wildman–Crippen MR) is 126 cm³/mol. The molecule has 0 amide bonds. The van der Waals surface area contributed by atoms with Crippen molar-refractivity contribution in [1.82, 2.24) is 4.40 Å². The van der Waals surface area contributed by atoms with Crippen LogP contribution in [0, 0.1) is 0 Å². The highest BCUT2D eigenvalue weighted by Gasteiger charge is 2.30. The van der Waals surface area contributed by atoms with E-state index < -0.39 is 5.97 Å². The Bertz CT molecular complexity index is 1450. The fraction of sp³-hybridized carbons (Fsp3) is 0.0714. The number of carbonyl (C=O) groups excluding carboxylic acids is 2. The lowest BCUT2D eigenvalue weighted by atomic mass is 9.94. The average molecular weight is 419 g/mol. The highest BCUT2D eigenvalue weighted by molar-refractivity contribution is 6.21. The summed E-state index contributed by atoms with van der Waals surface area (Å²) in [4.78, 5) is 27.1. The molecule has 0 N–H and O–H groups in total. The van der Waals surface area contributed by atoms with Gasteiger partial charge < -0.3 is 9.14 Å². The lowest BCUT2D eigenvalue weighted by Crippen LogP contribution is -2.10. The van der Waals surface area contributed by atoms with Crippen molar-refractivity contribution in [2.24, 2.45) is 0 Å². The number of hydrogen-bond donors (Lipinski definition) is 0. The van der Waals surface area contributed by atoms with Gasteiger partial charge in [-0.25, -0.2) is 4.79 Å². The smallest absolute Gasteiger partial charge is 0.355 e. The van der Waals surface area contributed by atoms with Crippen LogP contribution in [0.1, 0.15) is 33.3 Å².